The third-order valence-corrected chi connectivity index (χ3v) is 4.39. The molecule has 1 rings (SSSR count). The van der Waals surface area contributed by atoms with Crippen molar-refractivity contribution in [2.45, 2.75) is 52.0 Å². The first kappa shape index (κ1) is 17.9. The molecule has 0 saturated heterocycles. The molecule has 1 aliphatic carbocycles. The van der Waals surface area contributed by atoms with Gasteiger partial charge in [0.15, 0.2) is 0 Å². The third-order valence-electron chi connectivity index (χ3n) is 4.39. The van der Waals surface area contributed by atoms with Crippen LogP contribution in [-0.4, -0.2) is 62.6 Å². The molecule has 1 saturated carbocycles. The lowest BCUT2D eigenvalue weighted by Crippen LogP contribution is -2.48. The Balaban J connectivity index is 2.59. The summed E-state index contributed by atoms with van der Waals surface area (Å²) in [6, 6.07) is 0.541. The summed E-state index contributed by atoms with van der Waals surface area (Å²) in [6.45, 7) is 9.26. The standard InChI is InChI=1S/C16H34N2O2/c1-15(2)17-13-16(7-5-4-6-8-16)14-18(9-11-19)10-12-20-3/h15,17,19H,4-14H2,1-3H3. The smallest absolute Gasteiger partial charge is 0.0589 e. The van der Waals surface area contributed by atoms with Gasteiger partial charge in [-0.05, 0) is 18.3 Å². The van der Waals surface area contributed by atoms with Gasteiger partial charge in [-0.25, -0.2) is 0 Å². The van der Waals surface area contributed by atoms with E-state index in [1.54, 1.807) is 7.11 Å². The van der Waals surface area contributed by atoms with Crippen molar-refractivity contribution in [1.82, 2.24) is 10.2 Å². The maximum Gasteiger partial charge on any atom is 0.0589 e. The van der Waals surface area contributed by atoms with E-state index in [0.29, 0.717) is 11.5 Å². The molecule has 0 radical (unpaired) electrons. The second kappa shape index (κ2) is 9.72. The second-order valence-corrected chi connectivity index (χ2v) is 6.59. The molecule has 2 N–H and O–H groups in total. The molecule has 0 aliphatic heterocycles. The van der Waals surface area contributed by atoms with Crippen LogP contribution in [0.2, 0.25) is 0 Å². The minimum Gasteiger partial charge on any atom is -0.395 e. The van der Waals surface area contributed by atoms with Crippen LogP contribution in [0.4, 0.5) is 0 Å². The largest absolute Gasteiger partial charge is 0.395 e. The zero-order chi connectivity index (χ0) is 14.8. The topological polar surface area (TPSA) is 44.7 Å². The highest BCUT2D eigenvalue weighted by Crippen LogP contribution is 2.36. The molecule has 0 aromatic heterocycles. The first-order valence-corrected chi connectivity index (χ1v) is 8.17. The van der Waals surface area contributed by atoms with Crippen LogP contribution in [-0.2, 0) is 4.74 Å². The van der Waals surface area contributed by atoms with Crippen molar-refractivity contribution < 1.29 is 9.84 Å². The quantitative estimate of drug-likeness (QED) is 0.643. The van der Waals surface area contributed by atoms with Crippen molar-refractivity contribution in [3.05, 3.63) is 0 Å². The Morgan fingerprint density at radius 2 is 1.90 bits per heavy atom. The van der Waals surface area contributed by atoms with Crippen LogP contribution in [0.5, 0.6) is 0 Å². The molecule has 120 valence electrons. The maximum atomic E-state index is 9.27. The molecule has 0 amide bonds. The second-order valence-electron chi connectivity index (χ2n) is 6.59. The molecular formula is C16H34N2O2. The van der Waals surface area contributed by atoms with E-state index in [2.05, 4.69) is 24.1 Å². The molecule has 0 heterocycles. The first-order chi connectivity index (χ1) is 9.62. The van der Waals surface area contributed by atoms with E-state index in [-0.39, 0.29) is 6.61 Å². The predicted molar refractivity (Wildman–Crippen MR) is 84.1 cm³/mol. The summed E-state index contributed by atoms with van der Waals surface area (Å²) in [6.07, 6.45) is 6.68. The van der Waals surface area contributed by atoms with Gasteiger partial charge in [0, 0.05) is 39.3 Å². The number of methoxy groups -OCH3 is 1. The normalized spacial score (nSPS) is 18.9. The Labute approximate surface area is 124 Å². The molecule has 0 bridgehead atoms. The van der Waals surface area contributed by atoms with Crippen molar-refractivity contribution in [2.75, 3.05) is 46.5 Å². The van der Waals surface area contributed by atoms with Gasteiger partial charge in [0.05, 0.1) is 13.2 Å². The van der Waals surface area contributed by atoms with Crippen molar-refractivity contribution >= 4 is 0 Å². The monoisotopic (exact) mass is 286 g/mol. The van der Waals surface area contributed by atoms with Crippen LogP contribution in [0.15, 0.2) is 0 Å². The molecular weight excluding hydrogens is 252 g/mol. The van der Waals surface area contributed by atoms with E-state index in [0.717, 1.165) is 32.8 Å². The summed E-state index contributed by atoms with van der Waals surface area (Å²) in [4.78, 5) is 2.37. The zero-order valence-corrected chi connectivity index (χ0v) is 13.7. The molecule has 1 fully saturated rings. The van der Waals surface area contributed by atoms with Gasteiger partial charge in [0.1, 0.15) is 0 Å². The Morgan fingerprint density at radius 3 is 2.45 bits per heavy atom. The molecule has 0 spiro atoms. The maximum absolute atomic E-state index is 9.27. The van der Waals surface area contributed by atoms with Gasteiger partial charge < -0.3 is 15.2 Å². The highest BCUT2D eigenvalue weighted by atomic mass is 16.5. The lowest BCUT2D eigenvalue weighted by atomic mass is 9.73. The minimum atomic E-state index is 0.234. The van der Waals surface area contributed by atoms with Crippen LogP contribution < -0.4 is 5.32 Å². The fourth-order valence-electron chi connectivity index (χ4n) is 3.22. The van der Waals surface area contributed by atoms with Crippen LogP contribution in [0.1, 0.15) is 46.0 Å². The van der Waals surface area contributed by atoms with Crippen LogP contribution in [0.25, 0.3) is 0 Å². The summed E-state index contributed by atoms with van der Waals surface area (Å²) in [5.41, 5.74) is 0.380. The van der Waals surface area contributed by atoms with E-state index in [4.69, 9.17) is 4.74 Å². The summed E-state index contributed by atoms with van der Waals surface area (Å²) in [5, 5.41) is 12.9. The Hall–Kier alpha value is -0.160. The summed E-state index contributed by atoms with van der Waals surface area (Å²) in [5.74, 6) is 0. The van der Waals surface area contributed by atoms with E-state index in [1.165, 1.54) is 32.1 Å². The number of aliphatic hydroxyl groups excluding tert-OH is 1. The predicted octanol–water partition coefficient (Wildman–Crippen LogP) is 1.88. The fourth-order valence-corrected chi connectivity index (χ4v) is 3.22. The van der Waals surface area contributed by atoms with E-state index in [9.17, 15) is 5.11 Å². The number of hydrogen-bond acceptors (Lipinski definition) is 4. The van der Waals surface area contributed by atoms with Gasteiger partial charge >= 0.3 is 0 Å². The molecule has 0 aromatic carbocycles. The average Bonchev–Trinajstić information content (AvgIpc) is 2.44. The van der Waals surface area contributed by atoms with Crippen molar-refractivity contribution in [3.8, 4) is 0 Å². The van der Waals surface area contributed by atoms with Crippen molar-refractivity contribution in [1.29, 1.82) is 0 Å². The van der Waals surface area contributed by atoms with E-state index < -0.39 is 0 Å². The van der Waals surface area contributed by atoms with E-state index >= 15 is 0 Å². The van der Waals surface area contributed by atoms with Gasteiger partial charge in [0.2, 0.25) is 0 Å². The fraction of sp³-hybridized carbons (Fsp3) is 1.00. The van der Waals surface area contributed by atoms with Crippen molar-refractivity contribution in [2.24, 2.45) is 5.41 Å². The Bertz CT molecular complexity index is 241. The van der Waals surface area contributed by atoms with Crippen LogP contribution in [0.3, 0.4) is 0 Å². The molecule has 0 aromatic rings. The van der Waals surface area contributed by atoms with Crippen molar-refractivity contribution in [3.63, 3.8) is 0 Å². The number of aliphatic hydroxyl groups is 1. The number of ether oxygens (including phenoxy) is 1. The Morgan fingerprint density at radius 1 is 1.20 bits per heavy atom. The van der Waals surface area contributed by atoms with Gasteiger partial charge in [0.25, 0.3) is 0 Å². The lowest BCUT2D eigenvalue weighted by molar-refractivity contribution is 0.0666. The number of nitrogens with one attached hydrogen (secondary N) is 1. The summed E-state index contributed by atoms with van der Waals surface area (Å²) < 4.78 is 5.20. The number of hydrogen-bond donors (Lipinski definition) is 2. The lowest BCUT2D eigenvalue weighted by Gasteiger charge is -2.42. The summed E-state index contributed by atoms with van der Waals surface area (Å²) in [7, 11) is 1.74. The highest BCUT2D eigenvalue weighted by Gasteiger charge is 2.33. The van der Waals surface area contributed by atoms with Gasteiger partial charge in [-0.2, -0.15) is 0 Å². The minimum absolute atomic E-state index is 0.234. The zero-order valence-electron chi connectivity index (χ0n) is 13.7. The average molecular weight is 286 g/mol. The molecule has 0 unspecified atom stereocenters. The van der Waals surface area contributed by atoms with Gasteiger partial charge in [-0.1, -0.05) is 33.1 Å². The molecule has 1 aliphatic rings. The third kappa shape index (κ3) is 6.53. The van der Waals surface area contributed by atoms with Gasteiger partial charge in [-0.3, -0.25) is 4.90 Å². The van der Waals surface area contributed by atoms with Crippen LogP contribution >= 0.6 is 0 Å². The molecule has 0 atom stereocenters. The number of nitrogens with zero attached hydrogens (tertiary/aromatic N) is 1. The van der Waals surface area contributed by atoms with Gasteiger partial charge in [-0.15, -0.1) is 0 Å². The molecule has 4 nitrogen and oxygen atoms in total. The molecule has 20 heavy (non-hydrogen) atoms. The highest BCUT2D eigenvalue weighted by molar-refractivity contribution is 4.88. The number of rotatable bonds is 10. The Kier molecular flexibility index (Phi) is 8.69. The SMILES string of the molecule is COCCN(CCO)CC1(CNC(C)C)CCCCC1. The van der Waals surface area contributed by atoms with Crippen LogP contribution in [0, 0.1) is 5.41 Å². The van der Waals surface area contributed by atoms with E-state index in [1.807, 2.05) is 0 Å². The summed E-state index contributed by atoms with van der Waals surface area (Å²) >= 11 is 0. The molecule has 4 heteroatoms. The first-order valence-electron chi connectivity index (χ1n) is 8.17.